The number of ether oxygens (including phenoxy) is 1. The lowest BCUT2D eigenvalue weighted by Crippen LogP contribution is -2.48. The monoisotopic (exact) mass is 413 g/mol. The fraction of sp³-hybridized carbons (Fsp3) is 0.273. The SMILES string of the molecule is CCOC(=O)C1=C(CN(C)Cc2ccccc2Cl)NC(=O)NC1c1ccccc1. The number of carbonyl (C=O) groups is 2. The summed E-state index contributed by atoms with van der Waals surface area (Å²) in [6, 6.07) is 16.0. The first-order valence-corrected chi connectivity index (χ1v) is 9.82. The van der Waals surface area contributed by atoms with Crippen molar-refractivity contribution < 1.29 is 14.3 Å². The van der Waals surface area contributed by atoms with Crippen LogP contribution in [0.5, 0.6) is 0 Å². The van der Waals surface area contributed by atoms with E-state index in [9.17, 15) is 9.59 Å². The number of hydrogen-bond acceptors (Lipinski definition) is 4. The summed E-state index contributed by atoms with van der Waals surface area (Å²) in [7, 11) is 1.91. The fourth-order valence-electron chi connectivity index (χ4n) is 3.33. The summed E-state index contributed by atoms with van der Waals surface area (Å²) in [6.07, 6.45) is 0. The second-order valence-electron chi connectivity index (χ2n) is 6.82. The van der Waals surface area contributed by atoms with Gasteiger partial charge in [0.2, 0.25) is 0 Å². The highest BCUT2D eigenvalue weighted by Gasteiger charge is 2.33. The number of benzene rings is 2. The molecule has 29 heavy (non-hydrogen) atoms. The van der Waals surface area contributed by atoms with Gasteiger partial charge in [0, 0.05) is 23.8 Å². The third-order valence-electron chi connectivity index (χ3n) is 4.61. The number of urea groups is 1. The van der Waals surface area contributed by atoms with E-state index in [1.54, 1.807) is 6.92 Å². The number of rotatable bonds is 7. The Morgan fingerprint density at radius 3 is 2.48 bits per heavy atom. The standard InChI is InChI=1S/C22H24ClN3O3/c1-3-29-21(27)19-18(14-26(2)13-16-11-7-8-12-17(16)23)24-22(28)25-20(19)15-9-5-4-6-10-15/h4-12,20H,3,13-14H2,1-2H3,(H2,24,25,28). The number of carbonyl (C=O) groups excluding carboxylic acids is 2. The predicted molar refractivity (Wildman–Crippen MR) is 112 cm³/mol. The van der Waals surface area contributed by atoms with Crippen LogP contribution in [0.15, 0.2) is 65.9 Å². The Kier molecular flexibility index (Phi) is 6.90. The molecule has 0 radical (unpaired) electrons. The Labute approximate surface area is 175 Å². The molecule has 6 nitrogen and oxygen atoms in total. The third kappa shape index (κ3) is 5.16. The van der Waals surface area contributed by atoms with Crippen molar-refractivity contribution in [3.8, 4) is 0 Å². The van der Waals surface area contributed by atoms with Crippen LogP contribution in [0.3, 0.4) is 0 Å². The average Bonchev–Trinajstić information content (AvgIpc) is 2.70. The zero-order valence-corrected chi connectivity index (χ0v) is 17.2. The van der Waals surface area contributed by atoms with Gasteiger partial charge in [-0.3, -0.25) is 4.90 Å². The van der Waals surface area contributed by atoms with Crippen molar-refractivity contribution in [2.75, 3.05) is 20.2 Å². The van der Waals surface area contributed by atoms with E-state index in [-0.39, 0.29) is 12.6 Å². The Morgan fingerprint density at radius 1 is 1.10 bits per heavy atom. The first kappa shape index (κ1) is 20.9. The quantitative estimate of drug-likeness (QED) is 0.680. The molecule has 1 heterocycles. The van der Waals surface area contributed by atoms with Gasteiger partial charge in [-0.25, -0.2) is 9.59 Å². The van der Waals surface area contributed by atoms with Crippen molar-refractivity contribution in [3.63, 3.8) is 0 Å². The van der Waals surface area contributed by atoms with Crippen LogP contribution in [0.1, 0.15) is 24.1 Å². The van der Waals surface area contributed by atoms with E-state index in [1.165, 1.54) is 0 Å². The van der Waals surface area contributed by atoms with Gasteiger partial charge in [-0.05, 0) is 31.2 Å². The summed E-state index contributed by atoms with van der Waals surface area (Å²) in [6.45, 7) is 2.93. The number of likely N-dealkylation sites (N-methyl/N-ethyl adjacent to an activating group) is 1. The summed E-state index contributed by atoms with van der Waals surface area (Å²) in [5.74, 6) is -0.449. The molecule has 1 unspecified atom stereocenters. The molecule has 2 N–H and O–H groups in total. The van der Waals surface area contributed by atoms with E-state index < -0.39 is 12.0 Å². The molecule has 3 rings (SSSR count). The molecule has 0 saturated carbocycles. The maximum atomic E-state index is 12.8. The summed E-state index contributed by atoms with van der Waals surface area (Å²) in [5, 5.41) is 6.30. The van der Waals surface area contributed by atoms with Crippen molar-refractivity contribution in [2.24, 2.45) is 0 Å². The predicted octanol–water partition coefficient (Wildman–Crippen LogP) is 3.64. The number of hydrogen-bond donors (Lipinski definition) is 2. The number of halogens is 1. The van der Waals surface area contributed by atoms with E-state index in [0.717, 1.165) is 11.1 Å². The number of amides is 2. The average molecular weight is 414 g/mol. The molecular weight excluding hydrogens is 390 g/mol. The van der Waals surface area contributed by atoms with E-state index in [4.69, 9.17) is 16.3 Å². The van der Waals surface area contributed by atoms with Crippen LogP contribution in [-0.4, -0.2) is 37.1 Å². The molecule has 0 fully saturated rings. The van der Waals surface area contributed by atoms with E-state index in [1.807, 2.05) is 66.5 Å². The highest BCUT2D eigenvalue weighted by atomic mass is 35.5. The van der Waals surface area contributed by atoms with Crippen molar-refractivity contribution >= 4 is 23.6 Å². The highest BCUT2D eigenvalue weighted by Crippen LogP contribution is 2.28. The van der Waals surface area contributed by atoms with Gasteiger partial charge in [-0.1, -0.05) is 60.1 Å². The first-order valence-electron chi connectivity index (χ1n) is 9.44. The summed E-state index contributed by atoms with van der Waals surface area (Å²) in [5.41, 5.74) is 2.71. The molecule has 1 aliphatic heterocycles. The Bertz CT molecular complexity index is 915. The lowest BCUT2D eigenvalue weighted by atomic mass is 9.95. The molecule has 152 valence electrons. The molecule has 0 aliphatic carbocycles. The zero-order valence-electron chi connectivity index (χ0n) is 16.4. The smallest absolute Gasteiger partial charge is 0.338 e. The molecule has 0 bridgehead atoms. The summed E-state index contributed by atoms with van der Waals surface area (Å²) in [4.78, 5) is 27.1. The molecule has 1 aliphatic rings. The lowest BCUT2D eigenvalue weighted by molar-refractivity contribution is -0.139. The molecule has 2 amide bonds. The largest absolute Gasteiger partial charge is 0.463 e. The topological polar surface area (TPSA) is 70.7 Å². The molecule has 2 aromatic carbocycles. The Hall–Kier alpha value is -2.83. The van der Waals surface area contributed by atoms with Crippen LogP contribution >= 0.6 is 11.6 Å². The first-order chi connectivity index (χ1) is 14.0. The van der Waals surface area contributed by atoms with Gasteiger partial charge in [0.05, 0.1) is 18.2 Å². The van der Waals surface area contributed by atoms with E-state index in [0.29, 0.717) is 29.4 Å². The maximum absolute atomic E-state index is 12.8. The summed E-state index contributed by atoms with van der Waals surface area (Å²) < 4.78 is 5.29. The van der Waals surface area contributed by atoms with Crippen LogP contribution in [0.25, 0.3) is 0 Å². The second-order valence-corrected chi connectivity index (χ2v) is 7.23. The van der Waals surface area contributed by atoms with Crippen LogP contribution in [0.2, 0.25) is 5.02 Å². The Morgan fingerprint density at radius 2 is 1.79 bits per heavy atom. The zero-order chi connectivity index (χ0) is 20.8. The van der Waals surface area contributed by atoms with Crippen LogP contribution in [0.4, 0.5) is 4.79 Å². The van der Waals surface area contributed by atoms with Gasteiger partial charge < -0.3 is 15.4 Å². The van der Waals surface area contributed by atoms with Crippen molar-refractivity contribution in [2.45, 2.75) is 19.5 Å². The minimum absolute atomic E-state index is 0.251. The van der Waals surface area contributed by atoms with Crippen LogP contribution in [0, 0.1) is 0 Å². The van der Waals surface area contributed by atoms with Gasteiger partial charge in [0.25, 0.3) is 0 Å². The number of nitrogens with one attached hydrogen (secondary N) is 2. The maximum Gasteiger partial charge on any atom is 0.338 e. The van der Waals surface area contributed by atoms with Crippen molar-refractivity contribution in [1.29, 1.82) is 0 Å². The van der Waals surface area contributed by atoms with Gasteiger partial charge in [-0.2, -0.15) is 0 Å². The molecule has 0 saturated heterocycles. The summed E-state index contributed by atoms with van der Waals surface area (Å²) >= 11 is 6.27. The van der Waals surface area contributed by atoms with Crippen LogP contribution in [-0.2, 0) is 16.1 Å². The minimum atomic E-state index is -0.576. The highest BCUT2D eigenvalue weighted by molar-refractivity contribution is 6.31. The van der Waals surface area contributed by atoms with Gasteiger partial charge in [0.1, 0.15) is 0 Å². The molecule has 0 aromatic heterocycles. The molecular formula is C22H24ClN3O3. The van der Waals surface area contributed by atoms with Gasteiger partial charge in [0.15, 0.2) is 0 Å². The van der Waals surface area contributed by atoms with Crippen LogP contribution < -0.4 is 10.6 Å². The fourth-order valence-corrected chi connectivity index (χ4v) is 3.53. The van der Waals surface area contributed by atoms with Gasteiger partial charge >= 0.3 is 12.0 Å². The third-order valence-corrected chi connectivity index (χ3v) is 4.98. The van der Waals surface area contributed by atoms with E-state index in [2.05, 4.69) is 10.6 Å². The molecule has 0 spiro atoms. The normalized spacial score (nSPS) is 16.4. The number of esters is 1. The molecule has 2 aromatic rings. The molecule has 7 heteroatoms. The minimum Gasteiger partial charge on any atom is -0.463 e. The second kappa shape index (κ2) is 9.58. The van der Waals surface area contributed by atoms with Crippen molar-refractivity contribution in [3.05, 3.63) is 82.0 Å². The van der Waals surface area contributed by atoms with Gasteiger partial charge in [-0.15, -0.1) is 0 Å². The lowest BCUT2D eigenvalue weighted by Gasteiger charge is -2.31. The Balaban J connectivity index is 1.92. The van der Waals surface area contributed by atoms with E-state index >= 15 is 0 Å². The molecule has 1 atom stereocenters. The number of nitrogens with zero attached hydrogens (tertiary/aromatic N) is 1. The van der Waals surface area contributed by atoms with Crippen molar-refractivity contribution in [1.82, 2.24) is 15.5 Å².